The van der Waals surface area contributed by atoms with Crippen LogP contribution in [0.15, 0.2) is 61.2 Å². The lowest BCUT2D eigenvalue weighted by atomic mass is 10.0. The van der Waals surface area contributed by atoms with Crippen LogP contribution in [-0.4, -0.2) is 36.1 Å². The van der Waals surface area contributed by atoms with Crippen molar-refractivity contribution < 1.29 is 4.74 Å². The molecule has 0 unspecified atom stereocenters. The van der Waals surface area contributed by atoms with E-state index in [0.717, 1.165) is 60.0 Å². The Kier molecular flexibility index (Phi) is 23.0. The molecule has 4 aromatic rings. The van der Waals surface area contributed by atoms with Gasteiger partial charge in [0.25, 0.3) is 0 Å². The predicted octanol–water partition coefficient (Wildman–Crippen LogP) is 17.1. The second kappa shape index (κ2) is 27.8. The first-order valence-electron chi connectivity index (χ1n) is 25.1. The number of aromatic nitrogens is 4. The summed E-state index contributed by atoms with van der Waals surface area (Å²) >= 11 is 0. The van der Waals surface area contributed by atoms with Crippen LogP contribution in [0.25, 0.3) is 22.8 Å². The maximum Gasteiger partial charge on any atom is 0.159 e. The fraction of sp³-hybridized carbons (Fsp3) is 0.630. The molecule has 0 fully saturated rings. The number of nitrogens with zero attached hydrogens (tertiary/aromatic N) is 4. The number of benzene rings is 2. The van der Waals surface area contributed by atoms with Crippen LogP contribution in [0.4, 0.5) is 0 Å². The molecular weight excluding hydrogens is 777 g/mol. The van der Waals surface area contributed by atoms with E-state index in [1.807, 2.05) is 24.8 Å². The zero-order valence-electron chi connectivity index (χ0n) is 40.4. The Hall–Kier alpha value is -3.17. The fourth-order valence-corrected chi connectivity index (χ4v) is 14.1. The van der Waals surface area contributed by atoms with Gasteiger partial charge < -0.3 is 4.74 Å². The van der Waals surface area contributed by atoms with Gasteiger partial charge in [0.2, 0.25) is 0 Å². The van der Waals surface area contributed by atoms with Gasteiger partial charge in [0.05, 0.1) is 0 Å². The van der Waals surface area contributed by atoms with E-state index < -0.39 is 16.1 Å². The lowest BCUT2D eigenvalue weighted by Crippen LogP contribution is -2.24. The standard InChI is InChI=1S/C54H86N4OSi2/c1-9-13-17-19-21-23-27-45-41-55-53(56-42-45)49-31-33-51(47(39-49)29-25-37-60(5,6)35-15-11-3)59-52-34-32-50(40-48(52)30-26-38-61(7,8)36-16-12-4)54-57-43-46(44-58-54)28-24-22-20-18-14-10-2/h31-34,39-44H,9-30,35-38H2,1-8H3. The first kappa shape index (κ1) is 50.5. The summed E-state index contributed by atoms with van der Waals surface area (Å²) in [7, 11) is -2.50. The molecule has 0 bridgehead atoms. The SMILES string of the molecule is CCCCCCCCc1cnc(-c2ccc(Oc3ccc(-c4ncc(CCCCCCCC)cn4)cc3CCC[Si](C)(C)CCCC)c(CCC[Si](C)(C)CCCC)c2)nc1. The number of rotatable bonds is 32. The van der Waals surface area contributed by atoms with Gasteiger partial charge in [0.1, 0.15) is 11.5 Å². The molecule has 2 aromatic heterocycles. The Morgan fingerprint density at radius 3 is 1.11 bits per heavy atom. The van der Waals surface area contributed by atoms with Gasteiger partial charge in [-0.25, -0.2) is 19.9 Å². The molecule has 5 nitrogen and oxygen atoms in total. The molecule has 4 rings (SSSR count). The lowest BCUT2D eigenvalue weighted by Gasteiger charge is -2.23. The van der Waals surface area contributed by atoms with Crippen molar-refractivity contribution >= 4 is 16.1 Å². The van der Waals surface area contributed by atoms with Crippen molar-refractivity contribution in [2.24, 2.45) is 0 Å². The van der Waals surface area contributed by atoms with Crippen molar-refractivity contribution in [3.05, 3.63) is 83.4 Å². The van der Waals surface area contributed by atoms with E-state index in [-0.39, 0.29) is 0 Å². The van der Waals surface area contributed by atoms with Gasteiger partial charge in [-0.1, -0.05) is 181 Å². The molecule has 336 valence electrons. The highest BCUT2D eigenvalue weighted by Crippen LogP contribution is 2.36. The zero-order valence-corrected chi connectivity index (χ0v) is 42.4. The van der Waals surface area contributed by atoms with E-state index in [1.165, 1.54) is 162 Å². The average molecular weight is 863 g/mol. The summed E-state index contributed by atoms with van der Waals surface area (Å²) in [4.78, 5) is 19.6. The van der Waals surface area contributed by atoms with Crippen molar-refractivity contribution in [1.82, 2.24) is 19.9 Å². The number of aryl methyl sites for hydroxylation is 4. The molecule has 0 aliphatic heterocycles. The Morgan fingerprint density at radius 1 is 0.393 bits per heavy atom. The predicted molar refractivity (Wildman–Crippen MR) is 270 cm³/mol. The average Bonchev–Trinajstić information content (AvgIpc) is 3.26. The van der Waals surface area contributed by atoms with Gasteiger partial charge in [-0.2, -0.15) is 0 Å². The van der Waals surface area contributed by atoms with Crippen LogP contribution in [-0.2, 0) is 25.7 Å². The van der Waals surface area contributed by atoms with E-state index in [2.05, 4.69) is 90.3 Å². The van der Waals surface area contributed by atoms with Gasteiger partial charge in [-0.15, -0.1) is 0 Å². The van der Waals surface area contributed by atoms with Crippen LogP contribution in [0.2, 0.25) is 50.4 Å². The summed E-state index contributed by atoms with van der Waals surface area (Å²) in [6.07, 6.45) is 35.5. The monoisotopic (exact) mass is 863 g/mol. The lowest BCUT2D eigenvalue weighted by molar-refractivity contribution is 0.469. The van der Waals surface area contributed by atoms with E-state index in [1.54, 1.807) is 0 Å². The van der Waals surface area contributed by atoms with Crippen LogP contribution in [0.1, 0.15) is 166 Å². The third-order valence-electron chi connectivity index (χ3n) is 12.9. The van der Waals surface area contributed by atoms with E-state index >= 15 is 0 Å². The van der Waals surface area contributed by atoms with E-state index in [9.17, 15) is 0 Å². The van der Waals surface area contributed by atoms with Crippen LogP contribution < -0.4 is 4.74 Å². The van der Waals surface area contributed by atoms with Crippen molar-refractivity contribution in [1.29, 1.82) is 0 Å². The summed E-state index contributed by atoms with van der Waals surface area (Å²) in [5.74, 6) is 3.52. The topological polar surface area (TPSA) is 60.8 Å². The second-order valence-corrected chi connectivity index (χ2v) is 30.5. The molecular formula is C54H86N4OSi2. The minimum Gasteiger partial charge on any atom is -0.457 e. The quantitative estimate of drug-likeness (QED) is 0.0361. The molecule has 0 spiro atoms. The highest BCUT2D eigenvalue weighted by Gasteiger charge is 2.22. The summed E-state index contributed by atoms with van der Waals surface area (Å²) in [5, 5.41) is 0. The first-order chi connectivity index (χ1) is 29.6. The highest BCUT2D eigenvalue weighted by atomic mass is 28.3. The maximum absolute atomic E-state index is 7.06. The summed E-state index contributed by atoms with van der Waals surface area (Å²) in [6, 6.07) is 18.8. The summed E-state index contributed by atoms with van der Waals surface area (Å²) in [6.45, 7) is 19.5. The molecule has 2 heterocycles. The minimum atomic E-state index is -1.25. The number of ether oxygens (including phenoxy) is 1. The molecule has 2 aromatic carbocycles. The van der Waals surface area contributed by atoms with Crippen LogP contribution in [0.3, 0.4) is 0 Å². The largest absolute Gasteiger partial charge is 0.457 e. The van der Waals surface area contributed by atoms with E-state index in [4.69, 9.17) is 24.7 Å². The van der Waals surface area contributed by atoms with Gasteiger partial charge >= 0.3 is 0 Å². The van der Waals surface area contributed by atoms with Crippen molar-refractivity contribution in [3.8, 4) is 34.3 Å². The molecule has 0 saturated carbocycles. The highest BCUT2D eigenvalue weighted by molar-refractivity contribution is 6.77. The Balaban J connectivity index is 1.58. The molecule has 0 radical (unpaired) electrons. The van der Waals surface area contributed by atoms with Crippen molar-refractivity contribution in [3.63, 3.8) is 0 Å². The van der Waals surface area contributed by atoms with Gasteiger partial charge in [0.15, 0.2) is 11.6 Å². The number of hydrogen-bond acceptors (Lipinski definition) is 5. The zero-order chi connectivity index (χ0) is 43.8. The molecule has 61 heavy (non-hydrogen) atoms. The third kappa shape index (κ3) is 19.0. The Bertz CT molecular complexity index is 1660. The molecule has 0 atom stereocenters. The van der Waals surface area contributed by atoms with Crippen molar-refractivity contribution in [2.75, 3.05) is 0 Å². The maximum atomic E-state index is 7.06. The van der Waals surface area contributed by atoms with Gasteiger partial charge in [0, 0.05) is 52.1 Å². The van der Waals surface area contributed by atoms with E-state index in [0.29, 0.717) is 0 Å². The third-order valence-corrected chi connectivity index (χ3v) is 19.7. The van der Waals surface area contributed by atoms with Crippen LogP contribution in [0.5, 0.6) is 11.5 Å². The molecule has 0 aliphatic rings. The molecule has 7 heteroatoms. The smallest absolute Gasteiger partial charge is 0.159 e. The Labute approximate surface area is 376 Å². The minimum absolute atomic E-state index is 0.801. The molecule has 0 amide bonds. The first-order valence-corrected chi connectivity index (χ1v) is 32.0. The molecule has 0 saturated heterocycles. The van der Waals surface area contributed by atoms with Gasteiger partial charge in [-0.05, 0) is 97.2 Å². The van der Waals surface area contributed by atoms with Crippen LogP contribution in [0, 0.1) is 0 Å². The summed E-state index contributed by atoms with van der Waals surface area (Å²) in [5.41, 5.74) is 7.13. The van der Waals surface area contributed by atoms with Crippen LogP contribution >= 0.6 is 0 Å². The Morgan fingerprint density at radius 2 is 0.738 bits per heavy atom. The number of unbranched alkanes of at least 4 members (excludes halogenated alkanes) is 12. The number of hydrogen-bond donors (Lipinski definition) is 0. The molecule has 0 aliphatic carbocycles. The normalized spacial score (nSPS) is 12.0. The van der Waals surface area contributed by atoms with Crippen molar-refractivity contribution in [2.45, 2.75) is 219 Å². The van der Waals surface area contributed by atoms with Gasteiger partial charge in [-0.3, -0.25) is 0 Å². The molecule has 0 N–H and O–H groups in total. The summed E-state index contributed by atoms with van der Waals surface area (Å²) < 4.78 is 7.06. The fourth-order valence-electron chi connectivity index (χ4n) is 8.71. The second-order valence-electron chi connectivity index (χ2n) is 19.9.